The van der Waals surface area contributed by atoms with E-state index in [0.717, 1.165) is 11.1 Å². The summed E-state index contributed by atoms with van der Waals surface area (Å²) in [5.41, 5.74) is 1.90. The van der Waals surface area contributed by atoms with Gasteiger partial charge in [0.2, 0.25) is 11.2 Å². The second-order valence-electron chi connectivity index (χ2n) is 5.04. The Morgan fingerprint density at radius 1 is 1.48 bits per heavy atom. The number of β-amino-alcohol motifs (C(OH)–C–C–N with tert-alkyl or cyclic N) is 1. The number of hydrogen-bond donors (Lipinski definition) is 2. The number of aliphatic hydroxyl groups is 1. The van der Waals surface area contributed by atoms with Gasteiger partial charge in [0.05, 0.1) is 12.6 Å². The lowest BCUT2D eigenvalue weighted by molar-refractivity contribution is -0.134. The Hall–Kier alpha value is -1.92. The minimum absolute atomic E-state index is 0.0175. The molecule has 2 aromatic rings. The number of amides is 1. The number of aromatic nitrogens is 3. The Morgan fingerprint density at radius 3 is 3.05 bits per heavy atom. The fourth-order valence-electron chi connectivity index (χ4n) is 2.54. The summed E-state index contributed by atoms with van der Waals surface area (Å²) < 4.78 is 0. The van der Waals surface area contributed by atoms with Gasteiger partial charge in [0, 0.05) is 19.4 Å². The molecule has 110 valence electrons. The van der Waals surface area contributed by atoms with Crippen molar-refractivity contribution >= 4 is 17.5 Å². The van der Waals surface area contributed by atoms with Crippen LogP contribution in [0.15, 0.2) is 24.3 Å². The number of aryl methyl sites for hydroxylation is 1. The summed E-state index contributed by atoms with van der Waals surface area (Å²) in [5, 5.41) is 16.7. The molecule has 1 aliphatic heterocycles. The van der Waals surface area contributed by atoms with Crippen molar-refractivity contribution in [1.82, 2.24) is 20.1 Å². The lowest BCUT2D eigenvalue weighted by atomic mass is 9.97. The maximum Gasteiger partial charge on any atom is 0.242 e. The molecule has 0 saturated heterocycles. The Bertz CT molecular complexity index is 658. The zero-order valence-corrected chi connectivity index (χ0v) is 12.0. The number of H-pyrrole nitrogens is 1. The number of fused-ring (bicyclic) bond motifs is 1. The van der Waals surface area contributed by atoms with Crippen LogP contribution in [-0.4, -0.2) is 37.6 Å². The average Bonchev–Trinajstić information content (AvgIpc) is 2.90. The van der Waals surface area contributed by atoms with E-state index >= 15 is 0 Å². The van der Waals surface area contributed by atoms with Gasteiger partial charge in [0.25, 0.3) is 0 Å². The van der Waals surface area contributed by atoms with Crippen LogP contribution in [0, 0.1) is 0 Å². The highest BCUT2D eigenvalue weighted by Gasteiger charge is 2.26. The topological polar surface area (TPSA) is 82.1 Å². The van der Waals surface area contributed by atoms with Crippen LogP contribution in [0.5, 0.6) is 0 Å². The normalized spacial score (nSPS) is 17.6. The number of hydrogen-bond acceptors (Lipinski definition) is 4. The number of benzene rings is 1. The largest absolute Gasteiger partial charge is 0.387 e. The number of carbonyl (C=O) groups is 1. The molecule has 1 aliphatic rings. The summed E-state index contributed by atoms with van der Waals surface area (Å²) in [5.74, 6) is 0.572. The van der Waals surface area contributed by atoms with Gasteiger partial charge in [0.15, 0.2) is 0 Å². The van der Waals surface area contributed by atoms with Gasteiger partial charge in [-0.05, 0) is 22.7 Å². The minimum Gasteiger partial charge on any atom is -0.387 e. The van der Waals surface area contributed by atoms with Gasteiger partial charge in [-0.3, -0.25) is 9.89 Å². The van der Waals surface area contributed by atoms with Crippen molar-refractivity contribution in [1.29, 1.82) is 0 Å². The maximum absolute atomic E-state index is 12.3. The molecule has 1 aromatic carbocycles. The van der Waals surface area contributed by atoms with Gasteiger partial charge >= 0.3 is 0 Å². The van der Waals surface area contributed by atoms with Crippen molar-refractivity contribution in [2.24, 2.45) is 0 Å². The van der Waals surface area contributed by atoms with Crippen LogP contribution in [0.25, 0.3) is 0 Å². The molecular formula is C14H15ClN4O2. The molecule has 7 heteroatoms. The van der Waals surface area contributed by atoms with Gasteiger partial charge in [0.1, 0.15) is 5.82 Å². The lowest BCUT2D eigenvalue weighted by Gasteiger charge is -2.32. The molecule has 0 fully saturated rings. The molecule has 1 amide bonds. The number of nitrogens with one attached hydrogen (secondary N) is 1. The molecule has 0 saturated carbocycles. The summed E-state index contributed by atoms with van der Waals surface area (Å²) in [7, 11) is 0. The third kappa shape index (κ3) is 3.06. The molecule has 0 aliphatic carbocycles. The van der Waals surface area contributed by atoms with Gasteiger partial charge < -0.3 is 10.0 Å². The lowest BCUT2D eigenvalue weighted by Crippen LogP contribution is -2.38. The first-order valence-electron chi connectivity index (χ1n) is 6.74. The van der Waals surface area contributed by atoms with Crippen molar-refractivity contribution in [3.63, 3.8) is 0 Å². The Morgan fingerprint density at radius 2 is 2.29 bits per heavy atom. The highest BCUT2D eigenvalue weighted by atomic mass is 35.5. The summed E-state index contributed by atoms with van der Waals surface area (Å²) in [6, 6.07) is 7.65. The third-order valence-electron chi connectivity index (χ3n) is 3.60. The van der Waals surface area contributed by atoms with E-state index in [0.29, 0.717) is 31.8 Å². The summed E-state index contributed by atoms with van der Waals surface area (Å²) >= 11 is 5.62. The Kier molecular flexibility index (Phi) is 3.90. The van der Waals surface area contributed by atoms with Crippen LogP contribution < -0.4 is 0 Å². The first-order chi connectivity index (χ1) is 10.1. The predicted octanol–water partition coefficient (Wildman–Crippen LogP) is 1.47. The van der Waals surface area contributed by atoms with Crippen LogP contribution in [0.4, 0.5) is 0 Å². The van der Waals surface area contributed by atoms with Crippen LogP contribution in [0.1, 0.15) is 29.5 Å². The molecule has 1 atom stereocenters. The van der Waals surface area contributed by atoms with Crippen LogP contribution in [0.3, 0.4) is 0 Å². The molecule has 3 rings (SSSR count). The van der Waals surface area contributed by atoms with E-state index < -0.39 is 6.10 Å². The predicted molar refractivity (Wildman–Crippen MR) is 76.5 cm³/mol. The molecule has 2 heterocycles. The summed E-state index contributed by atoms with van der Waals surface area (Å²) in [6.07, 6.45) is 0.131. The second-order valence-corrected chi connectivity index (χ2v) is 5.38. The van der Waals surface area contributed by atoms with Gasteiger partial charge in [-0.2, -0.15) is 0 Å². The summed E-state index contributed by atoms with van der Waals surface area (Å²) in [6.45, 7) is 0.857. The van der Waals surface area contributed by atoms with Crippen molar-refractivity contribution < 1.29 is 9.90 Å². The fraction of sp³-hybridized carbons (Fsp3) is 0.357. The Labute approximate surface area is 126 Å². The van der Waals surface area contributed by atoms with Crippen LogP contribution in [0.2, 0.25) is 5.28 Å². The third-order valence-corrected chi connectivity index (χ3v) is 3.77. The number of carbonyl (C=O) groups excluding carboxylic acids is 1. The SMILES string of the molecule is O=C(CCc1nc(Cl)n[nH]1)N1Cc2ccccc2[C@@H](O)C1. The standard InChI is InChI=1S/C14H15ClN4O2/c15-14-16-12(17-18-14)5-6-13(21)19-7-9-3-1-2-4-10(9)11(20)8-19/h1-4,11,20H,5-8H2,(H,16,17,18)/t11-/m0/s1. The fourth-order valence-corrected chi connectivity index (χ4v) is 2.68. The molecule has 0 unspecified atom stereocenters. The number of aliphatic hydroxyl groups excluding tert-OH is 1. The highest BCUT2D eigenvalue weighted by Crippen LogP contribution is 2.26. The van der Waals surface area contributed by atoms with E-state index in [-0.39, 0.29) is 11.2 Å². The van der Waals surface area contributed by atoms with Crippen molar-refractivity contribution in [2.45, 2.75) is 25.5 Å². The van der Waals surface area contributed by atoms with Gasteiger partial charge in [-0.15, -0.1) is 5.10 Å². The summed E-state index contributed by atoms with van der Waals surface area (Å²) in [4.78, 5) is 17.9. The Balaban J connectivity index is 1.64. The number of halogens is 1. The molecule has 0 bridgehead atoms. The van der Waals surface area contributed by atoms with Gasteiger partial charge in [-0.25, -0.2) is 4.98 Å². The smallest absolute Gasteiger partial charge is 0.242 e. The van der Waals surface area contributed by atoms with E-state index in [2.05, 4.69) is 15.2 Å². The van der Waals surface area contributed by atoms with E-state index in [1.54, 1.807) is 4.90 Å². The first kappa shape index (κ1) is 14.0. The highest BCUT2D eigenvalue weighted by molar-refractivity contribution is 6.28. The van der Waals surface area contributed by atoms with Crippen LogP contribution >= 0.6 is 11.6 Å². The van der Waals surface area contributed by atoms with E-state index in [9.17, 15) is 9.90 Å². The maximum atomic E-state index is 12.3. The first-order valence-corrected chi connectivity index (χ1v) is 7.11. The van der Waals surface area contributed by atoms with Crippen LogP contribution in [-0.2, 0) is 17.8 Å². The quantitative estimate of drug-likeness (QED) is 0.899. The average molecular weight is 307 g/mol. The van der Waals surface area contributed by atoms with Crippen molar-refractivity contribution in [3.05, 3.63) is 46.5 Å². The minimum atomic E-state index is -0.626. The molecule has 21 heavy (non-hydrogen) atoms. The monoisotopic (exact) mass is 306 g/mol. The van der Waals surface area contributed by atoms with Crippen molar-refractivity contribution in [2.75, 3.05) is 6.54 Å². The van der Waals surface area contributed by atoms with Crippen molar-refractivity contribution in [3.8, 4) is 0 Å². The molecule has 1 aromatic heterocycles. The van der Waals surface area contributed by atoms with E-state index in [1.165, 1.54) is 0 Å². The number of aromatic amines is 1. The van der Waals surface area contributed by atoms with E-state index in [1.807, 2.05) is 24.3 Å². The molecule has 6 nitrogen and oxygen atoms in total. The van der Waals surface area contributed by atoms with E-state index in [4.69, 9.17) is 11.6 Å². The molecule has 2 N–H and O–H groups in total. The second kappa shape index (κ2) is 5.83. The number of rotatable bonds is 3. The zero-order chi connectivity index (χ0) is 14.8. The molecule has 0 spiro atoms. The van der Waals surface area contributed by atoms with Gasteiger partial charge in [-0.1, -0.05) is 24.3 Å². The number of nitrogens with zero attached hydrogens (tertiary/aromatic N) is 3. The molecule has 0 radical (unpaired) electrons. The zero-order valence-electron chi connectivity index (χ0n) is 11.3. The molecular weight excluding hydrogens is 292 g/mol.